The third-order valence-corrected chi connectivity index (χ3v) is 1.72. The van der Waals surface area contributed by atoms with Gasteiger partial charge in [-0.05, 0) is 19.1 Å². The predicted molar refractivity (Wildman–Crippen MR) is 47.3 cm³/mol. The van der Waals surface area contributed by atoms with Gasteiger partial charge in [0, 0.05) is 6.04 Å². The van der Waals surface area contributed by atoms with Gasteiger partial charge in [0.15, 0.2) is 0 Å². The molecule has 12 heavy (non-hydrogen) atoms. The van der Waals surface area contributed by atoms with Crippen LogP contribution >= 0.6 is 0 Å². The Bertz CT molecular complexity index is 271. The SMILES string of the molecule is COc1cccc(O)c1[C@H](C)N. The van der Waals surface area contributed by atoms with Gasteiger partial charge in [0.25, 0.3) is 0 Å². The highest BCUT2D eigenvalue weighted by molar-refractivity contribution is 5.45. The molecule has 0 aromatic heterocycles. The maximum Gasteiger partial charge on any atom is 0.127 e. The summed E-state index contributed by atoms with van der Waals surface area (Å²) < 4.78 is 5.05. The molecule has 0 amide bonds. The Kier molecular flexibility index (Phi) is 2.55. The maximum absolute atomic E-state index is 9.43. The van der Waals surface area contributed by atoms with E-state index in [9.17, 15) is 5.11 Å². The molecule has 0 aliphatic heterocycles. The van der Waals surface area contributed by atoms with Gasteiger partial charge < -0.3 is 15.6 Å². The van der Waals surface area contributed by atoms with Crippen LogP contribution in [0, 0.1) is 0 Å². The Morgan fingerprint density at radius 3 is 2.58 bits per heavy atom. The molecule has 3 N–H and O–H groups in total. The molecule has 1 aromatic rings. The summed E-state index contributed by atoms with van der Waals surface area (Å²) in [5.74, 6) is 0.814. The Hall–Kier alpha value is -1.22. The number of hydrogen-bond donors (Lipinski definition) is 2. The van der Waals surface area contributed by atoms with Crippen molar-refractivity contribution in [1.29, 1.82) is 0 Å². The van der Waals surface area contributed by atoms with Gasteiger partial charge in [-0.3, -0.25) is 0 Å². The molecule has 1 aromatic carbocycles. The quantitative estimate of drug-likeness (QED) is 0.700. The van der Waals surface area contributed by atoms with Crippen LogP contribution in [-0.2, 0) is 0 Å². The van der Waals surface area contributed by atoms with Crippen LogP contribution in [0.5, 0.6) is 11.5 Å². The number of rotatable bonds is 2. The van der Waals surface area contributed by atoms with Crippen LogP contribution in [0.3, 0.4) is 0 Å². The van der Waals surface area contributed by atoms with Crippen LogP contribution in [0.15, 0.2) is 18.2 Å². The molecule has 0 bridgehead atoms. The van der Waals surface area contributed by atoms with E-state index in [2.05, 4.69) is 0 Å². The molecule has 1 rings (SSSR count). The number of phenolic OH excluding ortho intramolecular Hbond substituents is 1. The fraction of sp³-hybridized carbons (Fsp3) is 0.333. The van der Waals surface area contributed by atoms with Gasteiger partial charge in [-0.2, -0.15) is 0 Å². The van der Waals surface area contributed by atoms with E-state index in [0.717, 1.165) is 0 Å². The van der Waals surface area contributed by atoms with Crippen molar-refractivity contribution in [2.24, 2.45) is 5.73 Å². The van der Waals surface area contributed by atoms with Crippen molar-refractivity contribution in [3.63, 3.8) is 0 Å². The van der Waals surface area contributed by atoms with Crippen molar-refractivity contribution < 1.29 is 9.84 Å². The van der Waals surface area contributed by atoms with Crippen molar-refractivity contribution in [2.75, 3.05) is 7.11 Å². The van der Waals surface area contributed by atoms with E-state index >= 15 is 0 Å². The maximum atomic E-state index is 9.43. The largest absolute Gasteiger partial charge is 0.507 e. The second-order valence-electron chi connectivity index (χ2n) is 2.68. The Balaban J connectivity index is 3.20. The van der Waals surface area contributed by atoms with Crippen molar-refractivity contribution in [3.8, 4) is 11.5 Å². The zero-order valence-electron chi connectivity index (χ0n) is 7.24. The van der Waals surface area contributed by atoms with Gasteiger partial charge in [-0.1, -0.05) is 6.07 Å². The molecule has 0 unspecified atom stereocenters. The van der Waals surface area contributed by atoms with Crippen LogP contribution < -0.4 is 10.5 Å². The van der Waals surface area contributed by atoms with Crippen LogP contribution in [0.25, 0.3) is 0 Å². The lowest BCUT2D eigenvalue weighted by molar-refractivity contribution is 0.395. The van der Waals surface area contributed by atoms with Crippen LogP contribution in [0.4, 0.5) is 0 Å². The second-order valence-corrected chi connectivity index (χ2v) is 2.68. The topological polar surface area (TPSA) is 55.5 Å². The molecule has 0 saturated carbocycles. The lowest BCUT2D eigenvalue weighted by Gasteiger charge is -2.12. The number of aromatic hydroxyl groups is 1. The number of hydrogen-bond acceptors (Lipinski definition) is 3. The summed E-state index contributed by atoms with van der Waals surface area (Å²) in [4.78, 5) is 0. The van der Waals surface area contributed by atoms with Gasteiger partial charge in [-0.25, -0.2) is 0 Å². The minimum Gasteiger partial charge on any atom is -0.507 e. The lowest BCUT2D eigenvalue weighted by atomic mass is 10.1. The van der Waals surface area contributed by atoms with E-state index in [0.29, 0.717) is 11.3 Å². The van der Waals surface area contributed by atoms with Crippen LogP contribution in [0.1, 0.15) is 18.5 Å². The number of nitrogens with two attached hydrogens (primary N) is 1. The molecule has 0 aliphatic carbocycles. The molecule has 3 nitrogen and oxygen atoms in total. The number of methoxy groups -OCH3 is 1. The summed E-state index contributed by atoms with van der Waals surface area (Å²) in [5, 5.41) is 9.43. The highest BCUT2D eigenvalue weighted by Crippen LogP contribution is 2.31. The summed E-state index contributed by atoms with van der Waals surface area (Å²) in [7, 11) is 1.56. The third kappa shape index (κ3) is 1.51. The van der Waals surface area contributed by atoms with E-state index in [-0.39, 0.29) is 11.8 Å². The van der Waals surface area contributed by atoms with Crippen molar-refractivity contribution in [1.82, 2.24) is 0 Å². The predicted octanol–water partition coefficient (Wildman–Crippen LogP) is 1.42. The Labute approximate surface area is 71.8 Å². The molecule has 0 aliphatic rings. The Morgan fingerprint density at radius 1 is 1.50 bits per heavy atom. The molecule has 0 heterocycles. The van der Waals surface area contributed by atoms with E-state index in [1.807, 2.05) is 0 Å². The third-order valence-electron chi connectivity index (χ3n) is 1.72. The highest BCUT2D eigenvalue weighted by Gasteiger charge is 2.11. The van der Waals surface area contributed by atoms with Gasteiger partial charge in [0.1, 0.15) is 11.5 Å². The second kappa shape index (κ2) is 3.45. The van der Waals surface area contributed by atoms with Crippen LogP contribution in [-0.4, -0.2) is 12.2 Å². The molecule has 3 heteroatoms. The summed E-state index contributed by atoms with van der Waals surface area (Å²) in [6, 6.07) is 4.88. The summed E-state index contributed by atoms with van der Waals surface area (Å²) >= 11 is 0. The monoisotopic (exact) mass is 167 g/mol. The van der Waals surface area contributed by atoms with Gasteiger partial charge in [0.05, 0.1) is 12.7 Å². The molecule has 0 spiro atoms. The summed E-state index contributed by atoms with van der Waals surface area (Å²) in [6.07, 6.45) is 0. The first-order chi connectivity index (χ1) is 5.66. The fourth-order valence-electron chi connectivity index (χ4n) is 1.17. The molecule has 66 valence electrons. The van der Waals surface area contributed by atoms with E-state index in [1.165, 1.54) is 0 Å². The molecule has 1 atom stereocenters. The van der Waals surface area contributed by atoms with Crippen molar-refractivity contribution >= 4 is 0 Å². The summed E-state index contributed by atoms with van der Waals surface area (Å²) in [6.45, 7) is 1.80. The first-order valence-electron chi connectivity index (χ1n) is 3.78. The smallest absolute Gasteiger partial charge is 0.127 e. The molecule has 0 fully saturated rings. The average Bonchev–Trinajstić information content (AvgIpc) is 2.03. The fourth-order valence-corrected chi connectivity index (χ4v) is 1.17. The van der Waals surface area contributed by atoms with Crippen molar-refractivity contribution in [2.45, 2.75) is 13.0 Å². The molecule has 0 radical (unpaired) electrons. The van der Waals surface area contributed by atoms with Crippen molar-refractivity contribution in [3.05, 3.63) is 23.8 Å². The van der Waals surface area contributed by atoms with Gasteiger partial charge in [-0.15, -0.1) is 0 Å². The first kappa shape index (κ1) is 8.87. The minimum absolute atomic E-state index is 0.185. The number of benzene rings is 1. The lowest BCUT2D eigenvalue weighted by Crippen LogP contribution is -2.07. The highest BCUT2D eigenvalue weighted by atomic mass is 16.5. The minimum atomic E-state index is -0.221. The number of ether oxygens (including phenoxy) is 1. The van der Waals surface area contributed by atoms with Gasteiger partial charge >= 0.3 is 0 Å². The summed E-state index contributed by atoms with van der Waals surface area (Å²) in [5.41, 5.74) is 6.30. The Morgan fingerprint density at radius 2 is 2.17 bits per heavy atom. The molecule has 0 saturated heterocycles. The molecular formula is C9H13NO2. The molecular weight excluding hydrogens is 154 g/mol. The van der Waals surface area contributed by atoms with Gasteiger partial charge in [0.2, 0.25) is 0 Å². The van der Waals surface area contributed by atoms with E-state index < -0.39 is 0 Å². The normalized spacial score (nSPS) is 12.6. The number of phenols is 1. The van der Waals surface area contributed by atoms with E-state index in [1.54, 1.807) is 32.2 Å². The zero-order valence-corrected chi connectivity index (χ0v) is 7.24. The first-order valence-corrected chi connectivity index (χ1v) is 3.78. The zero-order chi connectivity index (χ0) is 9.14. The van der Waals surface area contributed by atoms with E-state index in [4.69, 9.17) is 10.5 Å². The van der Waals surface area contributed by atoms with Crippen LogP contribution in [0.2, 0.25) is 0 Å². The average molecular weight is 167 g/mol. The standard InChI is InChI=1S/C9H13NO2/c1-6(10)9-7(11)4-3-5-8(9)12-2/h3-6,11H,10H2,1-2H3/t6-/m0/s1.